The van der Waals surface area contributed by atoms with Gasteiger partial charge in [0.15, 0.2) is 0 Å². The Hall–Kier alpha value is -1.81. The SMILES string of the molecule is CC/C=C(\C)C(=O)Nc1ccc(N2CCC(CN(C)C)CC2)cc1. The Labute approximate surface area is 146 Å². The number of hydrogen-bond acceptors (Lipinski definition) is 3. The fraction of sp³-hybridized carbons (Fsp3) is 0.550. The van der Waals surface area contributed by atoms with Crippen molar-refractivity contribution in [2.75, 3.05) is 43.9 Å². The Balaban J connectivity index is 1.89. The molecule has 4 heteroatoms. The molecule has 1 heterocycles. The molecule has 1 aliphatic rings. The first-order chi connectivity index (χ1) is 11.5. The number of nitrogens with zero attached hydrogens (tertiary/aromatic N) is 2. The predicted molar refractivity (Wildman–Crippen MR) is 103 cm³/mol. The van der Waals surface area contributed by atoms with Crippen LogP contribution in [0.25, 0.3) is 0 Å². The van der Waals surface area contributed by atoms with Crippen LogP contribution < -0.4 is 10.2 Å². The van der Waals surface area contributed by atoms with Gasteiger partial charge in [-0.1, -0.05) is 13.0 Å². The highest BCUT2D eigenvalue weighted by Crippen LogP contribution is 2.25. The third-order valence-corrected chi connectivity index (χ3v) is 4.60. The maximum absolute atomic E-state index is 12.0. The van der Waals surface area contributed by atoms with Gasteiger partial charge in [0.1, 0.15) is 0 Å². The minimum atomic E-state index is -0.0194. The molecule has 0 radical (unpaired) electrons. The smallest absolute Gasteiger partial charge is 0.250 e. The van der Waals surface area contributed by atoms with Gasteiger partial charge in [0, 0.05) is 36.6 Å². The summed E-state index contributed by atoms with van der Waals surface area (Å²) in [4.78, 5) is 16.7. The van der Waals surface area contributed by atoms with Gasteiger partial charge in [0.2, 0.25) is 0 Å². The van der Waals surface area contributed by atoms with E-state index in [9.17, 15) is 4.79 Å². The minimum Gasteiger partial charge on any atom is -0.372 e. The van der Waals surface area contributed by atoms with E-state index in [0.717, 1.165) is 36.7 Å². The molecule has 2 rings (SSSR count). The molecule has 1 N–H and O–H groups in total. The molecular weight excluding hydrogens is 298 g/mol. The molecule has 0 aliphatic carbocycles. The van der Waals surface area contributed by atoms with Crippen LogP contribution in [-0.2, 0) is 4.79 Å². The summed E-state index contributed by atoms with van der Waals surface area (Å²) in [6, 6.07) is 8.22. The Morgan fingerprint density at radius 3 is 2.42 bits per heavy atom. The van der Waals surface area contributed by atoms with Gasteiger partial charge in [0.05, 0.1) is 0 Å². The van der Waals surface area contributed by atoms with Crippen molar-refractivity contribution in [2.45, 2.75) is 33.1 Å². The van der Waals surface area contributed by atoms with E-state index in [2.05, 4.69) is 41.3 Å². The average Bonchev–Trinajstić information content (AvgIpc) is 2.56. The summed E-state index contributed by atoms with van der Waals surface area (Å²) in [5, 5.41) is 2.95. The van der Waals surface area contributed by atoms with Crippen molar-refractivity contribution in [2.24, 2.45) is 5.92 Å². The zero-order valence-electron chi connectivity index (χ0n) is 15.5. The Morgan fingerprint density at radius 2 is 1.88 bits per heavy atom. The lowest BCUT2D eigenvalue weighted by molar-refractivity contribution is -0.112. The fourth-order valence-corrected chi connectivity index (χ4v) is 3.27. The molecule has 0 atom stereocenters. The summed E-state index contributed by atoms with van der Waals surface area (Å²) in [6.45, 7) is 7.30. The Bertz CT molecular complexity index is 555. The number of carbonyl (C=O) groups is 1. The lowest BCUT2D eigenvalue weighted by Gasteiger charge is -2.34. The molecule has 1 amide bonds. The zero-order chi connectivity index (χ0) is 17.5. The quantitative estimate of drug-likeness (QED) is 0.807. The summed E-state index contributed by atoms with van der Waals surface area (Å²) >= 11 is 0. The number of hydrogen-bond donors (Lipinski definition) is 1. The molecule has 1 aromatic carbocycles. The second-order valence-corrected chi connectivity index (χ2v) is 6.99. The summed E-state index contributed by atoms with van der Waals surface area (Å²) in [6.07, 6.45) is 5.32. The fourth-order valence-electron chi connectivity index (χ4n) is 3.27. The Morgan fingerprint density at radius 1 is 1.25 bits per heavy atom. The average molecular weight is 329 g/mol. The van der Waals surface area contributed by atoms with Crippen molar-refractivity contribution >= 4 is 17.3 Å². The first-order valence-electron chi connectivity index (χ1n) is 8.97. The molecule has 1 fully saturated rings. The van der Waals surface area contributed by atoms with E-state index < -0.39 is 0 Å². The van der Waals surface area contributed by atoms with E-state index in [1.165, 1.54) is 25.1 Å². The maximum atomic E-state index is 12.0. The Kier molecular flexibility index (Phi) is 6.85. The summed E-state index contributed by atoms with van der Waals surface area (Å²) in [7, 11) is 4.30. The van der Waals surface area contributed by atoms with Gasteiger partial charge in [-0.25, -0.2) is 0 Å². The van der Waals surface area contributed by atoms with Crippen LogP contribution in [0.4, 0.5) is 11.4 Å². The number of nitrogens with one attached hydrogen (secondary N) is 1. The van der Waals surface area contributed by atoms with E-state index in [1.54, 1.807) is 0 Å². The van der Waals surface area contributed by atoms with Crippen LogP contribution in [-0.4, -0.2) is 44.5 Å². The van der Waals surface area contributed by atoms with Gasteiger partial charge in [-0.15, -0.1) is 0 Å². The maximum Gasteiger partial charge on any atom is 0.250 e. The highest BCUT2D eigenvalue weighted by atomic mass is 16.1. The second kappa shape index (κ2) is 8.88. The third-order valence-electron chi connectivity index (χ3n) is 4.60. The van der Waals surface area contributed by atoms with Crippen molar-refractivity contribution in [3.05, 3.63) is 35.9 Å². The van der Waals surface area contributed by atoms with E-state index in [-0.39, 0.29) is 5.91 Å². The third kappa shape index (κ3) is 5.38. The highest BCUT2D eigenvalue weighted by molar-refractivity contribution is 6.03. The van der Waals surface area contributed by atoms with Gasteiger partial charge in [-0.2, -0.15) is 0 Å². The number of rotatable bonds is 6. The lowest BCUT2D eigenvalue weighted by Crippen LogP contribution is -2.37. The van der Waals surface area contributed by atoms with Gasteiger partial charge in [-0.05, 0) is 70.5 Å². The van der Waals surface area contributed by atoms with Crippen LogP contribution in [0.5, 0.6) is 0 Å². The number of anilines is 2. The lowest BCUT2D eigenvalue weighted by atomic mass is 9.96. The molecule has 1 saturated heterocycles. The number of piperidine rings is 1. The van der Waals surface area contributed by atoms with E-state index in [1.807, 2.05) is 32.1 Å². The van der Waals surface area contributed by atoms with Crippen molar-refractivity contribution in [3.8, 4) is 0 Å². The zero-order valence-corrected chi connectivity index (χ0v) is 15.5. The minimum absolute atomic E-state index is 0.0194. The molecule has 24 heavy (non-hydrogen) atoms. The molecule has 0 saturated carbocycles. The normalized spacial score (nSPS) is 16.5. The molecule has 0 spiro atoms. The molecule has 1 aliphatic heterocycles. The summed E-state index contributed by atoms with van der Waals surface area (Å²) < 4.78 is 0. The van der Waals surface area contributed by atoms with Crippen LogP contribution >= 0.6 is 0 Å². The van der Waals surface area contributed by atoms with E-state index >= 15 is 0 Å². The van der Waals surface area contributed by atoms with Crippen LogP contribution in [0.3, 0.4) is 0 Å². The van der Waals surface area contributed by atoms with E-state index in [0.29, 0.717) is 0 Å². The molecule has 0 bridgehead atoms. The number of carbonyl (C=O) groups excluding carboxylic acids is 1. The van der Waals surface area contributed by atoms with Crippen LogP contribution in [0.1, 0.15) is 33.1 Å². The molecule has 132 valence electrons. The first-order valence-corrected chi connectivity index (χ1v) is 8.97. The first kappa shape index (κ1) is 18.5. The van der Waals surface area contributed by atoms with Crippen LogP contribution in [0.15, 0.2) is 35.9 Å². The van der Waals surface area contributed by atoms with Crippen molar-refractivity contribution in [3.63, 3.8) is 0 Å². The molecular formula is C20H31N3O. The summed E-state index contributed by atoms with van der Waals surface area (Å²) in [5.41, 5.74) is 2.87. The molecule has 0 unspecified atom stereocenters. The second-order valence-electron chi connectivity index (χ2n) is 6.99. The highest BCUT2D eigenvalue weighted by Gasteiger charge is 2.19. The van der Waals surface area contributed by atoms with E-state index in [4.69, 9.17) is 0 Å². The van der Waals surface area contributed by atoms with Gasteiger partial charge < -0.3 is 15.1 Å². The van der Waals surface area contributed by atoms with Crippen molar-refractivity contribution in [1.82, 2.24) is 4.90 Å². The van der Waals surface area contributed by atoms with Gasteiger partial charge in [-0.3, -0.25) is 4.79 Å². The molecule has 0 aromatic heterocycles. The summed E-state index contributed by atoms with van der Waals surface area (Å²) in [5.74, 6) is 0.789. The largest absolute Gasteiger partial charge is 0.372 e. The molecule has 1 aromatic rings. The van der Waals surface area contributed by atoms with Crippen molar-refractivity contribution in [1.29, 1.82) is 0 Å². The predicted octanol–water partition coefficient (Wildman–Crippen LogP) is 3.76. The number of allylic oxidation sites excluding steroid dienone is 1. The standard InChI is InChI=1S/C20H31N3O/c1-5-6-16(2)20(24)21-18-7-9-19(10-8-18)23-13-11-17(12-14-23)15-22(3)4/h6-10,17H,5,11-15H2,1-4H3,(H,21,24)/b16-6+. The number of benzene rings is 1. The monoisotopic (exact) mass is 329 g/mol. The van der Waals surface area contributed by atoms with Gasteiger partial charge in [0.25, 0.3) is 5.91 Å². The van der Waals surface area contributed by atoms with Gasteiger partial charge >= 0.3 is 0 Å². The van der Waals surface area contributed by atoms with Crippen LogP contribution in [0.2, 0.25) is 0 Å². The van der Waals surface area contributed by atoms with Crippen LogP contribution in [0, 0.1) is 5.92 Å². The number of amides is 1. The molecule has 4 nitrogen and oxygen atoms in total. The van der Waals surface area contributed by atoms with Crippen molar-refractivity contribution < 1.29 is 4.79 Å². The topological polar surface area (TPSA) is 35.6 Å².